The van der Waals surface area contributed by atoms with Crippen LogP contribution in [-0.4, -0.2) is 17.6 Å². The second-order valence-electron chi connectivity index (χ2n) is 3.66. The SMILES string of the molecule is CC(C)CC(CN)CCC(=O)O. The summed E-state index contributed by atoms with van der Waals surface area (Å²) < 4.78 is 0. The summed E-state index contributed by atoms with van der Waals surface area (Å²) in [7, 11) is 0. The molecule has 0 saturated carbocycles. The molecule has 3 N–H and O–H groups in total. The third-order valence-corrected chi connectivity index (χ3v) is 1.90. The molecule has 1 atom stereocenters. The van der Waals surface area contributed by atoms with Crippen molar-refractivity contribution < 1.29 is 9.90 Å². The lowest BCUT2D eigenvalue weighted by molar-refractivity contribution is -0.137. The molecule has 3 heteroatoms. The lowest BCUT2D eigenvalue weighted by Crippen LogP contribution is -2.17. The first-order valence-corrected chi connectivity index (χ1v) is 4.48. The smallest absolute Gasteiger partial charge is 0.303 e. The van der Waals surface area contributed by atoms with E-state index in [-0.39, 0.29) is 6.42 Å². The number of nitrogens with two attached hydrogens (primary N) is 1. The zero-order valence-corrected chi connectivity index (χ0v) is 7.92. The fraction of sp³-hybridized carbons (Fsp3) is 0.889. The van der Waals surface area contributed by atoms with E-state index < -0.39 is 5.97 Å². The minimum Gasteiger partial charge on any atom is -0.481 e. The molecule has 72 valence electrons. The topological polar surface area (TPSA) is 63.3 Å². The highest BCUT2D eigenvalue weighted by Gasteiger charge is 2.10. The fourth-order valence-electron chi connectivity index (χ4n) is 1.33. The van der Waals surface area contributed by atoms with Gasteiger partial charge in [0.1, 0.15) is 0 Å². The van der Waals surface area contributed by atoms with Crippen LogP contribution in [0.4, 0.5) is 0 Å². The van der Waals surface area contributed by atoms with Crippen LogP contribution in [-0.2, 0) is 4.79 Å². The predicted molar refractivity (Wildman–Crippen MR) is 48.9 cm³/mol. The molecule has 0 fully saturated rings. The van der Waals surface area contributed by atoms with E-state index >= 15 is 0 Å². The molecule has 0 radical (unpaired) electrons. The van der Waals surface area contributed by atoms with Crippen LogP contribution in [0.2, 0.25) is 0 Å². The second-order valence-corrected chi connectivity index (χ2v) is 3.66. The van der Waals surface area contributed by atoms with Gasteiger partial charge in [-0.15, -0.1) is 0 Å². The Morgan fingerprint density at radius 3 is 2.42 bits per heavy atom. The molecule has 1 unspecified atom stereocenters. The van der Waals surface area contributed by atoms with Gasteiger partial charge in [-0.1, -0.05) is 13.8 Å². The van der Waals surface area contributed by atoms with Crippen LogP contribution in [0.25, 0.3) is 0 Å². The fourth-order valence-corrected chi connectivity index (χ4v) is 1.33. The zero-order valence-electron chi connectivity index (χ0n) is 7.92. The van der Waals surface area contributed by atoms with E-state index in [4.69, 9.17) is 10.8 Å². The minimum absolute atomic E-state index is 0.245. The molecule has 0 rings (SSSR count). The van der Waals surface area contributed by atoms with Crippen molar-refractivity contribution in [2.75, 3.05) is 6.54 Å². The Bertz CT molecular complexity index is 134. The van der Waals surface area contributed by atoms with E-state index in [9.17, 15) is 4.79 Å². The molecule has 0 spiro atoms. The van der Waals surface area contributed by atoms with E-state index in [0.717, 1.165) is 6.42 Å². The minimum atomic E-state index is -0.725. The van der Waals surface area contributed by atoms with Crippen LogP contribution >= 0.6 is 0 Å². The Hall–Kier alpha value is -0.570. The van der Waals surface area contributed by atoms with E-state index in [0.29, 0.717) is 24.8 Å². The summed E-state index contributed by atoms with van der Waals surface area (Å²) in [5, 5.41) is 8.45. The molecular formula is C9H19NO2. The van der Waals surface area contributed by atoms with Gasteiger partial charge in [0, 0.05) is 6.42 Å². The van der Waals surface area contributed by atoms with Crippen LogP contribution < -0.4 is 5.73 Å². The van der Waals surface area contributed by atoms with Gasteiger partial charge in [-0.05, 0) is 31.2 Å². The summed E-state index contributed by atoms with van der Waals surface area (Å²) in [6.45, 7) is 4.86. The first-order chi connectivity index (χ1) is 5.56. The Kier molecular flexibility index (Phi) is 5.72. The number of aliphatic carboxylic acids is 1. The normalized spacial score (nSPS) is 13.3. The molecule has 3 nitrogen and oxygen atoms in total. The maximum Gasteiger partial charge on any atom is 0.303 e. The first kappa shape index (κ1) is 11.4. The highest BCUT2D eigenvalue weighted by Crippen LogP contribution is 2.15. The van der Waals surface area contributed by atoms with Crippen molar-refractivity contribution >= 4 is 5.97 Å². The summed E-state index contributed by atoms with van der Waals surface area (Å²) >= 11 is 0. The van der Waals surface area contributed by atoms with E-state index in [1.54, 1.807) is 0 Å². The van der Waals surface area contributed by atoms with Crippen LogP contribution in [0.3, 0.4) is 0 Å². The highest BCUT2D eigenvalue weighted by atomic mass is 16.4. The summed E-state index contributed by atoms with van der Waals surface area (Å²) in [5.74, 6) is 0.255. The number of hydrogen-bond acceptors (Lipinski definition) is 2. The molecule has 0 bridgehead atoms. The number of carboxylic acids is 1. The van der Waals surface area contributed by atoms with Crippen LogP contribution in [0, 0.1) is 11.8 Å². The molecule has 0 aromatic heterocycles. The lowest BCUT2D eigenvalue weighted by atomic mass is 9.93. The maximum absolute atomic E-state index is 10.3. The number of rotatable bonds is 6. The maximum atomic E-state index is 10.3. The van der Waals surface area contributed by atoms with Crippen molar-refractivity contribution in [2.45, 2.75) is 33.1 Å². The van der Waals surface area contributed by atoms with E-state index in [2.05, 4.69) is 13.8 Å². The molecule has 0 aliphatic carbocycles. The summed E-state index contributed by atoms with van der Waals surface area (Å²) in [5.41, 5.74) is 5.51. The summed E-state index contributed by atoms with van der Waals surface area (Å²) in [6, 6.07) is 0. The lowest BCUT2D eigenvalue weighted by Gasteiger charge is -2.15. The Morgan fingerprint density at radius 1 is 1.50 bits per heavy atom. The number of hydrogen-bond donors (Lipinski definition) is 2. The van der Waals surface area contributed by atoms with E-state index in [1.807, 2.05) is 0 Å². The number of carbonyl (C=O) groups is 1. The molecule has 0 saturated heterocycles. The van der Waals surface area contributed by atoms with Gasteiger partial charge in [0.15, 0.2) is 0 Å². The van der Waals surface area contributed by atoms with Gasteiger partial charge in [-0.2, -0.15) is 0 Å². The van der Waals surface area contributed by atoms with Crippen molar-refractivity contribution in [3.8, 4) is 0 Å². The van der Waals surface area contributed by atoms with Crippen LogP contribution in [0.1, 0.15) is 33.1 Å². The molecular weight excluding hydrogens is 154 g/mol. The number of carboxylic acid groups (broad SMARTS) is 1. The van der Waals surface area contributed by atoms with Crippen molar-refractivity contribution in [2.24, 2.45) is 17.6 Å². The Balaban J connectivity index is 3.60. The molecule has 12 heavy (non-hydrogen) atoms. The second kappa shape index (κ2) is 6.00. The van der Waals surface area contributed by atoms with Crippen LogP contribution in [0.5, 0.6) is 0 Å². The Labute approximate surface area is 74.0 Å². The highest BCUT2D eigenvalue weighted by molar-refractivity contribution is 5.66. The average molecular weight is 173 g/mol. The average Bonchev–Trinajstić information content (AvgIpc) is 1.97. The van der Waals surface area contributed by atoms with Crippen molar-refractivity contribution in [1.82, 2.24) is 0 Å². The molecule has 0 aromatic carbocycles. The first-order valence-electron chi connectivity index (χ1n) is 4.48. The Morgan fingerprint density at radius 2 is 2.08 bits per heavy atom. The standard InChI is InChI=1S/C9H19NO2/c1-7(2)5-8(6-10)3-4-9(11)12/h7-8H,3-6,10H2,1-2H3,(H,11,12). The third-order valence-electron chi connectivity index (χ3n) is 1.90. The van der Waals surface area contributed by atoms with Gasteiger partial charge >= 0.3 is 5.97 Å². The quantitative estimate of drug-likeness (QED) is 0.639. The zero-order chi connectivity index (χ0) is 9.56. The van der Waals surface area contributed by atoms with E-state index in [1.165, 1.54) is 0 Å². The van der Waals surface area contributed by atoms with Crippen molar-refractivity contribution in [3.63, 3.8) is 0 Å². The van der Waals surface area contributed by atoms with Gasteiger partial charge < -0.3 is 10.8 Å². The van der Waals surface area contributed by atoms with Gasteiger partial charge in [-0.3, -0.25) is 4.79 Å². The molecule has 0 aromatic rings. The molecule has 0 aliphatic heterocycles. The van der Waals surface area contributed by atoms with Gasteiger partial charge in [0.05, 0.1) is 0 Å². The molecule has 0 aliphatic rings. The van der Waals surface area contributed by atoms with Gasteiger partial charge in [0.25, 0.3) is 0 Å². The largest absolute Gasteiger partial charge is 0.481 e. The van der Waals surface area contributed by atoms with Gasteiger partial charge in [-0.25, -0.2) is 0 Å². The molecule has 0 amide bonds. The monoisotopic (exact) mass is 173 g/mol. The van der Waals surface area contributed by atoms with Crippen LogP contribution in [0.15, 0.2) is 0 Å². The molecule has 0 heterocycles. The third kappa shape index (κ3) is 6.16. The van der Waals surface area contributed by atoms with Crippen molar-refractivity contribution in [3.05, 3.63) is 0 Å². The summed E-state index contributed by atoms with van der Waals surface area (Å²) in [6.07, 6.45) is 1.99. The van der Waals surface area contributed by atoms with Gasteiger partial charge in [0.2, 0.25) is 0 Å². The predicted octanol–water partition coefficient (Wildman–Crippen LogP) is 1.47. The summed E-state index contributed by atoms with van der Waals surface area (Å²) in [4.78, 5) is 10.3. The van der Waals surface area contributed by atoms with Crippen molar-refractivity contribution in [1.29, 1.82) is 0 Å².